The second kappa shape index (κ2) is 8.16. The predicted octanol–water partition coefficient (Wildman–Crippen LogP) is 5.10. The molecule has 1 heterocycles. The first-order valence-corrected chi connectivity index (χ1v) is 9.13. The van der Waals surface area contributed by atoms with Gasteiger partial charge < -0.3 is 19.2 Å². The van der Waals surface area contributed by atoms with Crippen molar-refractivity contribution in [3.63, 3.8) is 0 Å². The Bertz CT molecular complexity index is 913. The Morgan fingerprint density at radius 3 is 2.33 bits per heavy atom. The van der Waals surface area contributed by atoms with Crippen LogP contribution >= 0.6 is 0 Å². The molecular formula is C22H25NO4. The third-order valence-electron chi connectivity index (χ3n) is 3.84. The number of hydrogen-bond acceptors (Lipinski definition) is 4. The number of aromatic amines is 1. The minimum Gasteiger partial charge on any atom is -0.491 e. The zero-order valence-corrected chi connectivity index (χ0v) is 16.1. The molecule has 0 unspecified atom stereocenters. The zero-order valence-electron chi connectivity index (χ0n) is 16.1. The molecule has 0 saturated carbocycles. The Morgan fingerprint density at radius 2 is 1.67 bits per heavy atom. The van der Waals surface area contributed by atoms with Crippen LogP contribution in [0, 0.1) is 0 Å². The van der Waals surface area contributed by atoms with Gasteiger partial charge in [0.25, 0.3) is 0 Å². The molecule has 142 valence electrons. The van der Waals surface area contributed by atoms with E-state index in [4.69, 9.17) is 14.2 Å². The summed E-state index contributed by atoms with van der Waals surface area (Å²) in [5, 5.41) is 0.825. The lowest BCUT2D eigenvalue weighted by atomic mass is 10.2. The van der Waals surface area contributed by atoms with E-state index in [9.17, 15) is 4.79 Å². The molecule has 0 saturated heterocycles. The van der Waals surface area contributed by atoms with Gasteiger partial charge in [0.15, 0.2) is 0 Å². The summed E-state index contributed by atoms with van der Waals surface area (Å²) in [6, 6.07) is 15.1. The van der Waals surface area contributed by atoms with E-state index in [-0.39, 0.29) is 18.8 Å². The number of hydrogen-bond donors (Lipinski definition) is 1. The normalized spacial score (nSPS) is 11.2. The number of benzene rings is 2. The van der Waals surface area contributed by atoms with E-state index >= 15 is 0 Å². The third kappa shape index (κ3) is 4.82. The molecule has 0 atom stereocenters. The maximum Gasteiger partial charge on any atom is 0.355 e. The van der Waals surface area contributed by atoms with Crippen LogP contribution in [0.4, 0.5) is 0 Å². The zero-order chi connectivity index (χ0) is 19.4. The van der Waals surface area contributed by atoms with Crippen molar-refractivity contribution in [3.05, 3.63) is 59.8 Å². The molecule has 3 aromatic rings. The molecule has 2 aromatic carbocycles. The topological polar surface area (TPSA) is 60.6 Å². The van der Waals surface area contributed by atoms with Crippen LogP contribution in [0.3, 0.4) is 0 Å². The van der Waals surface area contributed by atoms with Crippen LogP contribution in [0.15, 0.2) is 48.5 Å². The quantitative estimate of drug-likeness (QED) is 0.590. The van der Waals surface area contributed by atoms with Gasteiger partial charge in [0.05, 0.1) is 17.7 Å². The van der Waals surface area contributed by atoms with E-state index < -0.39 is 5.97 Å². The number of H-pyrrole nitrogens is 1. The summed E-state index contributed by atoms with van der Waals surface area (Å²) in [4.78, 5) is 15.6. The molecule has 5 nitrogen and oxygen atoms in total. The highest BCUT2D eigenvalue weighted by atomic mass is 16.5. The largest absolute Gasteiger partial charge is 0.491 e. The fourth-order valence-electron chi connectivity index (χ4n) is 2.78. The van der Waals surface area contributed by atoms with E-state index in [2.05, 4.69) is 4.98 Å². The van der Waals surface area contributed by atoms with Gasteiger partial charge >= 0.3 is 5.97 Å². The van der Waals surface area contributed by atoms with Gasteiger partial charge in [-0.1, -0.05) is 30.3 Å². The van der Waals surface area contributed by atoms with Crippen LogP contribution in [-0.4, -0.2) is 23.2 Å². The minimum absolute atomic E-state index is 0.00545. The van der Waals surface area contributed by atoms with Crippen LogP contribution in [0.1, 0.15) is 43.7 Å². The summed E-state index contributed by atoms with van der Waals surface area (Å²) in [6.45, 7) is 8.08. The molecule has 0 aliphatic carbocycles. The minimum atomic E-state index is -0.406. The number of ether oxygens (including phenoxy) is 3. The van der Waals surface area contributed by atoms with Crippen LogP contribution in [0.25, 0.3) is 10.9 Å². The molecule has 1 aromatic heterocycles. The number of carbonyl (C=O) groups is 1. The lowest BCUT2D eigenvalue weighted by Gasteiger charge is -2.14. The molecule has 0 spiro atoms. The number of esters is 1. The summed E-state index contributed by atoms with van der Waals surface area (Å²) >= 11 is 0. The average Bonchev–Trinajstić information content (AvgIpc) is 3.04. The molecule has 0 radical (unpaired) electrons. The van der Waals surface area contributed by atoms with Crippen molar-refractivity contribution < 1.29 is 19.0 Å². The van der Waals surface area contributed by atoms with Gasteiger partial charge in [-0.05, 0) is 39.3 Å². The van der Waals surface area contributed by atoms with Crippen molar-refractivity contribution in [2.75, 3.05) is 0 Å². The van der Waals surface area contributed by atoms with Crippen molar-refractivity contribution in [2.45, 2.75) is 46.5 Å². The summed E-state index contributed by atoms with van der Waals surface area (Å²) in [6.07, 6.45) is 0.0468. The molecule has 5 heteroatoms. The SMILES string of the molecule is CC(C)Oc1cc(OC(C)C)c2cc(C(=O)OCc3ccccc3)[nH]c2c1. The number of fused-ring (bicyclic) bond motifs is 1. The van der Waals surface area contributed by atoms with E-state index in [1.807, 2.05) is 70.2 Å². The van der Waals surface area contributed by atoms with Crippen LogP contribution in [-0.2, 0) is 11.3 Å². The Kier molecular flexibility index (Phi) is 5.69. The van der Waals surface area contributed by atoms with E-state index in [0.717, 1.165) is 16.5 Å². The van der Waals surface area contributed by atoms with Crippen molar-refractivity contribution in [2.24, 2.45) is 0 Å². The first kappa shape index (κ1) is 18.8. The van der Waals surface area contributed by atoms with Crippen LogP contribution in [0.2, 0.25) is 0 Å². The number of rotatable bonds is 7. The van der Waals surface area contributed by atoms with Crippen LogP contribution in [0.5, 0.6) is 11.5 Å². The molecule has 0 aliphatic rings. The average molecular weight is 367 g/mol. The van der Waals surface area contributed by atoms with Gasteiger partial charge in [-0.15, -0.1) is 0 Å². The van der Waals surface area contributed by atoms with Crippen molar-refractivity contribution >= 4 is 16.9 Å². The molecule has 1 N–H and O–H groups in total. The smallest absolute Gasteiger partial charge is 0.355 e. The van der Waals surface area contributed by atoms with Crippen molar-refractivity contribution in [1.29, 1.82) is 0 Å². The Hall–Kier alpha value is -2.95. The van der Waals surface area contributed by atoms with Gasteiger partial charge in [0, 0.05) is 17.5 Å². The second-order valence-electron chi connectivity index (χ2n) is 6.96. The first-order chi connectivity index (χ1) is 12.9. The Balaban J connectivity index is 1.86. The van der Waals surface area contributed by atoms with Gasteiger partial charge in [-0.3, -0.25) is 0 Å². The van der Waals surface area contributed by atoms with Gasteiger partial charge in [-0.2, -0.15) is 0 Å². The maximum atomic E-state index is 12.5. The number of nitrogens with one attached hydrogen (secondary N) is 1. The van der Waals surface area contributed by atoms with E-state index in [1.54, 1.807) is 6.07 Å². The molecule has 0 aliphatic heterocycles. The Morgan fingerprint density at radius 1 is 0.963 bits per heavy atom. The molecule has 0 bridgehead atoms. The van der Waals surface area contributed by atoms with Crippen molar-refractivity contribution in [3.8, 4) is 11.5 Å². The van der Waals surface area contributed by atoms with Crippen LogP contribution < -0.4 is 9.47 Å². The highest BCUT2D eigenvalue weighted by Crippen LogP contribution is 2.33. The monoisotopic (exact) mass is 367 g/mol. The molecule has 0 amide bonds. The number of aromatic nitrogens is 1. The first-order valence-electron chi connectivity index (χ1n) is 9.13. The standard InChI is InChI=1S/C22H25NO4/c1-14(2)26-17-10-19-18(21(11-17)27-15(3)4)12-20(23-19)22(24)25-13-16-8-6-5-7-9-16/h5-12,14-15,23H,13H2,1-4H3. The third-order valence-corrected chi connectivity index (χ3v) is 3.84. The fourth-order valence-corrected chi connectivity index (χ4v) is 2.78. The van der Waals surface area contributed by atoms with Gasteiger partial charge in [0.2, 0.25) is 0 Å². The summed E-state index contributed by atoms with van der Waals surface area (Å²) in [7, 11) is 0. The summed E-state index contributed by atoms with van der Waals surface area (Å²) in [5.74, 6) is 0.965. The molecule has 0 fully saturated rings. The lowest BCUT2D eigenvalue weighted by Crippen LogP contribution is -2.08. The summed E-state index contributed by atoms with van der Waals surface area (Å²) in [5.41, 5.74) is 2.10. The predicted molar refractivity (Wildman–Crippen MR) is 105 cm³/mol. The molecule has 3 rings (SSSR count). The maximum absolute atomic E-state index is 12.5. The van der Waals surface area contributed by atoms with E-state index in [1.165, 1.54) is 0 Å². The Labute approximate surface area is 159 Å². The fraction of sp³-hybridized carbons (Fsp3) is 0.318. The molecular weight excluding hydrogens is 342 g/mol. The van der Waals surface area contributed by atoms with Gasteiger partial charge in [0.1, 0.15) is 23.8 Å². The second-order valence-corrected chi connectivity index (χ2v) is 6.96. The van der Waals surface area contributed by atoms with E-state index in [0.29, 0.717) is 17.2 Å². The summed E-state index contributed by atoms with van der Waals surface area (Å²) < 4.78 is 17.1. The lowest BCUT2D eigenvalue weighted by molar-refractivity contribution is 0.0467. The molecule has 27 heavy (non-hydrogen) atoms. The van der Waals surface area contributed by atoms with Gasteiger partial charge in [-0.25, -0.2) is 4.79 Å². The highest BCUT2D eigenvalue weighted by molar-refractivity contribution is 5.97. The highest BCUT2D eigenvalue weighted by Gasteiger charge is 2.16. The van der Waals surface area contributed by atoms with Crippen molar-refractivity contribution in [1.82, 2.24) is 4.98 Å². The number of carbonyl (C=O) groups excluding carboxylic acids is 1.